The molecule has 0 amide bonds. The van der Waals surface area contributed by atoms with Crippen molar-refractivity contribution in [1.82, 2.24) is 0 Å². The van der Waals surface area contributed by atoms with Gasteiger partial charge in [-0.1, -0.05) is 62.7 Å². The number of ether oxygens (including phenoxy) is 1. The largest absolute Gasteiger partial charge is 0.390 e. The fraction of sp³-hybridized carbons (Fsp3) is 1.00. The van der Waals surface area contributed by atoms with E-state index in [9.17, 15) is 0 Å². The smallest absolute Gasteiger partial charge is 0.241 e. The summed E-state index contributed by atoms with van der Waals surface area (Å²) in [6, 6.07) is 0. The second-order valence-corrected chi connectivity index (χ2v) is 6.71. The molecular weight excluding hydrogens is 319 g/mol. The third-order valence-electron chi connectivity index (χ3n) is 3.07. The van der Waals surface area contributed by atoms with Crippen LogP contribution in [0.1, 0.15) is 65.2 Å². The first-order chi connectivity index (χ1) is 8.95. The molecule has 0 aromatic rings. The highest BCUT2D eigenvalue weighted by atomic mass is 35.5. The molecular formula is C12H28Cl2O3Si2. The molecule has 0 saturated carbocycles. The maximum Gasteiger partial charge on any atom is 0.241 e. The molecule has 0 spiro atoms. The molecule has 0 aliphatic heterocycles. The maximum absolute atomic E-state index is 6.38. The van der Waals surface area contributed by atoms with Gasteiger partial charge < -0.3 is 8.85 Å². The van der Waals surface area contributed by atoms with Crippen molar-refractivity contribution in [2.45, 2.75) is 75.7 Å². The molecule has 0 aliphatic rings. The average Bonchev–Trinajstić information content (AvgIpc) is 2.39. The Morgan fingerprint density at radius 3 is 1.42 bits per heavy atom. The first-order valence-electron chi connectivity index (χ1n) is 7.13. The summed E-state index contributed by atoms with van der Waals surface area (Å²) in [5.41, 5.74) is 0. The highest BCUT2D eigenvalue weighted by molar-refractivity contribution is 6.25. The van der Waals surface area contributed by atoms with Crippen molar-refractivity contribution in [2.75, 3.05) is 0 Å². The van der Waals surface area contributed by atoms with Crippen LogP contribution in [0.2, 0.25) is 0 Å². The van der Waals surface area contributed by atoms with Gasteiger partial charge in [0.1, 0.15) is 0 Å². The van der Waals surface area contributed by atoms with Crippen LogP contribution in [0.5, 0.6) is 0 Å². The predicted octanol–water partition coefficient (Wildman–Crippen LogP) is 2.54. The first kappa shape index (κ1) is 19.9. The zero-order chi connectivity index (χ0) is 14.8. The summed E-state index contributed by atoms with van der Waals surface area (Å²) in [7, 11) is 1.01. The molecule has 3 nitrogen and oxygen atoms in total. The molecule has 0 heterocycles. The van der Waals surface area contributed by atoms with E-state index in [1.54, 1.807) is 0 Å². The Balaban J connectivity index is 4.42. The quantitative estimate of drug-likeness (QED) is 0.235. The molecule has 0 bridgehead atoms. The lowest BCUT2D eigenvalue weighted by Gasteiger charge is -2.35. The fourth-order valence-electron chi connectivity index (χ4n) is 1.79. The van der Waals surface area contributed by atoms with Gasteiger partial charge in [0.05, 0.1) is 0 Å². The third kappa shape index (κ3) is 8.70. The van der Waals surface area contributed by atoms with Crippen LogP contribution < -0.4 is 0 Å². The number of hydrogen-bond donors (Lipinski definition) is 0. The lowest BCUT2D eigenvalue weighted by Crippen LogP contribution is -2.41. The fourth-order valence-corrected chi connectivity index (χ4v) is 2.92. The Bertz CT molecular complexity index is 215. The van der Waals surface area contributed by atoms with Gasteiger partial charge in [-0.2, -0.15) is 0 Å². The van der Waals surface area contributed by atoms with Crippen LogP contribution >= 0.6 is 23.2 Å². The minimum atomic E-state index is -1.13. The number of unbranched alkanes of at least 4 members (excludes halogenated alkanes) is 4. The summed E-state index contributed by atoms with van der Waals surface area (Å²) in [5.74, 6) is 0. The summed E-state index contributed by atoms with van der Waals surface area (Å²) in [5, 5.41) is -2.25. The van der Waals surface area contributed by atoms with Crippen LogP contribution in [0.4, 0.5) is 0 Å². The van der Waals surface area contributed by atoms with Crippen molar-refractivity contribution in [3.63, 3.8) is 0 Å². The molecule has 116 valence electrons. The van der Waals surface area contributed by atoms with Crippen molar-refractivity contribution in [1.29, 1.82) is 0 Å². The van der Waals surface area contributed by atoms with Gasteiger partial charge in [-0.25, -0.2) is 0 Å². The Morgan fingerprint density at radius 1 is 0.789 bits per heavy atom. The maximum atomic E-state index is 6.38. The van der Waals surface area contributed by atoms with Gasteiger partial charge in [-0.05, 0) is 12.8 Å². The molecule has 0 rings (SSSR count). The minimum absolute atomic E-state index is 0.507. The third-order valence-corrected chi connectivity index (χ3v) is 5.75. The second kappa shape index (κ2) is 10.6. The lowest BCUT2D eigenvalue weighted by molar-refractivity contribution is -0.238. The first-order valence-corrected chi connectivity index (χ1v) is 9.52. The number of hydrogen-bond acceptors (Lipinski definition) is 3. The normalized spacial score (nSPS) is 18.3. The molecule has 2 unspecified atom stereocenters. The molecule has 2 atom stereocenters. The van der Waals surface area contributed by atoms with Crippen LogP contribution in [0.15, 0.2) is 0 Å². The zero-order valence-electron chi connectivity index (χ0n) is 12.6. The Labute approximate surface area is 133 Å². The highest BCUT2D eigenvalue weighted by Crippen LogP contribution is 2.36. The van der Waals surface area contributed by atoms with E-state index in [0.29, 0.717) is 33.8 Å². The Hall–Kier alpha value is 0.894. The number of rotatable bonds is 12. The van der Waals surface area contributed by atoms with Crippen LogP contribution in [0, 0.1) is 0 Å². The van der Waals surface area contributed by atoms with E-state index in [1.165, 1.54) is 0 Å². The van der Waals surface area contributed by atoms with E-state index in [2.05, 4.69) is 13.8 Å². The molecule has 7 heteroatoms. The predicted molar refractivity (Wildman–Crippen MR) is 88.6 cm³/mol. The Kier molecular flexibility index (Phi) is 11.1. The number of halogens is 2. The monoisotopic (exact) mass is 346 g/mol. The van der Waals surface area contributed by atoms with Gasteiger partial charge in [-0.15, -0.1) is 0 Å². The molecule has 0 N–H and O–H groups in total. The molecule has 19 heavy (non-hydrogen) atoms. The summed E-state index contributed by atoms with van der Waals surface area (Å²) in [6.45, 7) is 4.30. The number of alkyl halides is 2. The highest BCUT2D eigenvalue weighted by Gasteiger charge is 2.39. The Morgan fingerprint density at radius 2 is 1.16 bits per heavy atom. The van der Waals surface area contributed by atoms with Crippen LogP contribution in [-0.2, 0) is 13.6 Å². The van der Waals surface area contributed by atoms with Gasteiger partial charge in [0.15, 0.2) is 21.0 Å². The SMILES string of the molecule is CCCCCC(Cl)(O[SiH3])OC(Cl)(CCCCC)O[SiH3]. The zero-order valence-corrected chi connectivity index (χ0v) is 18.1. The molecule has 0 radical (unpaired) electrons. The summed E-state index contributed by atoms with van der Waals surface area (Å²) >= 11 is 12.8. The molecule has 0 fully saturated rings. The standard InChI is InChI=1S/C12H28Cl2O3Si2/c1-3-5-7-9-11(13,16-18)15-12(14,17-19)10-8-6-4-2/h3-10H2,1-2,18-19H3. The van der Waals surface area contributed by atoms with Crippen molar-refractivity contribution in [3.05, 3.63) is 0 Å². The van der Waals surface area contributed by atoms with Gasteiger partial charge in [0.2, 0.25) is 10.5 Å². The van der Waals surface area contributed by atoms with Crippen molar-refractivity contribution >= 4 is 44.2 Å². The van der Waals surface area contributed by atoms with Crippen LogP contribution in [0.25, 0.3) is 0 Å². The van der Waals surface area contributed by atoms with E-state index in [1.807, 2.05) is 0 Å². The molecule has 0 aliphatic carbocycles. The van der Waals surface area contributed by atoms with E-state index in [-0.39, 0.29) is 0 Å². The lowest BCUT2D eigenvalue weighted by atomic mass is 10.2. The van der Waals surface area contributed by atoms with Crippen LogP contribution in [-0.4, -0.2) is 31.5 Å². The minimum Gasteiger partial charge on any atom is -0.390 e. The van der Waals surface area contributed by atoms with E-state index < -0.39 is 10.5 Å². The van der Waals surface area contributed by atoms with E-state index in [4.69, 9.17) is 36.8 Å². The van der Waals surface area contributed by atoms with E-state index >= 15 is 0 Å². The summed E-state index contributed by atoms with van der Waals surface area (Å²) in [6.07, 6.45) is 7.68. The van der Waals surface area contributed by atoms with Gasteiger partial charge in [-0.3, -0.25) is 4.74 Å². The molecule has 0 aromatic carbocycles. The summed E-state index contributed by atoms with van der Waals surface area (Å²) in [4.78, 5) is 0. The second-order valence-electron chi connectivity index (χ2n) is 4.74. The van der Waals surface area contributed by atoms with E-state index in [0.717, 1.165) is 38.5 Å². The summed E-state index contributed by atoms with van der Waals surface area (Å²) < 4.78 is 16.6. The van der Waals surface area contributed by atoms with Crippen LogP contribution in [0.3, 0.4) is 0 Å². The van der Waals surface area contributed by atoms with Gasteiger partial charge >= 0.3 is 0 Å². The topological polar surface area (TPSA) is 27.7 Å². The van der Waals surface area contributed by atoms with Crippen molar-refractivity contribution in [3.8, 4) is 0 Å². The molecule has 0 aromatic heterocycles. The molecule has 0 saturated heterocycles. The van der Waals surface area contributed by atoms with Crippen molar-refractivity contribution < 1.29 is 13.6 Å². The van der Waals surface area contributed by atoms with Crippen molar-refractivity contribution in [2.24, 2.45) is 0 Å². The van der Waals surface area contributed by atoms with Gasteiger partial charge in [0.25, 0.3) is 0 Å². The van der Waals surface area contributed by atoms with Gasteiger partial charge in [0, 0.05) is 12.8 Å². The average molecular weight is 347 g/mol.